The van der Waals surface area contributed by atoms with Gasteiger partial charge in [-0.25, -0.2) is 0 Å². The Morgan fingerprint density at radius 1 is 0.235 bits per heavy atom. The number of fused-ring (bicyclic) bond motifs is 14. The molecule has 9 aromatic carbocycles. The first-order valence-electron chi connectivity index (χ1n) is 24.4. The second-order valence-corrected chi connectivity index (χ2v) is 20.9. The zero-order valence-electron chi connectivity index (χ0n) is 41.4. The summed E-state index contributed by atoms with van der Waals surface area (Å²) in [5, 5.41) is 10.6. The van der Waals surface area contributed by atoms with Crippen LogP contribution in [0.2, 0.25) is 0 Å². The molecule has 0 saturated heterocycles. The molecule has 0 aliphatic carbocycles. The van der Waals surface area contributed by atoms with Gasteiger partial charge in [-0.3, -0.25) is 0 Å². The predicted molar refractivity (Wildman–Crippen MR) is 294 cm³/mol. The molecule has 2 nitrogen and oxygen atoms in total. The number of hydrogen-bond acceptors (Lipinski definition) is 0. The van der Waals surface area contributed by atoms with Crippen molar-refractivity contribution in [2.24, 2.45) is 0 Å². The third-order valence-electron chi connectivity index (χ3n) is 15.8. The number of aryl methyl sites for hydroxylation is 12. The van der Waals surface area contributed by atoms with Crippen molar-refractivity contribution in [2.45, 2.75) is 83.1 Å². The summed E-state index contributed by atoms with van der Waals surface area (Å²) < 4.78 is 5.25. The van der Waals surface area contributed by atoms with Crippen molar-refractivity contribution in [3.8, 4) is 44.5 Å². The smallest absolute Gasteiger partial charge is 0.0634 e. The molecular weight excluding hydrogens is 821 g/mol. The van der Waals surface area contributed by atoms with Crippen LogP contribution in [-0.2, 0) is 0 Å². The van der Waals surface area contributed by atoms with E-state index in [2.05, 4.69) is 213 Å². The van der Waals surface area contributed by atoms with Crippen LogP contribution < -0.4 is 0 Å². The molecule has 0 fully saturated rings. The summed E-state index contributed by atoms with van der Waals surface area (Å²) in [6, 6.07) is 48.0. The van der Waals surface area contributed by atoms with Gasteiger partial charge < -0.3 is 8.80 Å². The Hall–Kier alpha value is -7.42. The van der Waals surface area contributed by atoms with Gasteiger partial charge >= 0.3 is 0 Å². The van der Waals surface area contributed by atoms with Gasteiger partial charge in [0.2, 0.25) is 0 Å². The number of benzene rings is 9. The van der Waals surface area contributed by atoms with Crippen LogP contribution >= 0.6 is 0 Å². The average molecular weight is 877 g/mol. The molecule has 0 spiro atoms. The molecule has 4 heterocycles. The van der Waals surface area contributed by atoms with Crippen LogP contribution in [0.3, 0.4) is 0 Å². The Bertz CT molecular complexity index is 3720. The van der Waals surface area contributed by atoms with E-state index in [4.69, 9.17) is 0 Å². The van der Waals surface area contributed by atoms with E-state index in [0.717, 1.165) is 0 Å². The Balaban J connectivity index is 1.27. The van der Waals surface area contributed by atoms with Crippen LogP contribution in [-0.4, -0.2) is 8.80 Å². The van der Waals surface area contributed by atoms with E-state index in [9.17, 15) is 0 Å². The first kappa shape index (κ1) is 40.8. The molecule has 13 aromatic rings. The minimum Gasteiger partial charge on any atom is -0.308 e. The molecular formula is C66H56N2. The minimum atomic E-state index is 1.25. The SMILES string of the molecule is Cc1cc(C)c(-c2ccc3c(c2)c2c4c5cc(-c6c(C)cc(C)cc6C)ccc5n5c6ccc(-c7c(C)cc(C)cc7C)cc6c(c6c7cc(-c8c(C)cc(C)cc8C)ccc7n3c26)c45)c(C)c1. The summed E-state index contributed by atoms with van der Waals surface area (Å²) in [4.78, 5) is 0. The maximum atomic E-state index is 2.62. The van der Waals surface area contributed by atoms with Crippen LogP contribution in [0.1, 0.15) is 66.8 Å². The highest BCUT2D eigenvalue weighted by molar-refractivity contribution is 6.45. The molecule has 0 atom stereocenters. The number of aromatic nitrogens is 2. The first-order valence-corrected chi connectivity index (χ1v) is 24.4. The molecule has 0 unspecified atom stereocenters. The minimum absolute atomic E-state index is 1.25. The monoisotopic (exact) mass is 876 g/mol. The zero-order chi connectivity index (χ0) is 46.9. The summed E-state index contributed by atoms with van der Waals surface area (Å²) in [5.74, 6) is 0. The Kier molecular flexibility index (Phi) is 8.44. The predicted octanol–water partition coefficient (Wildman–Crippen LogP) is 18.4. The van der Waals surface area contributed by atoms with Crippen LogP contribution in [0, 0.1) is 83.1 Å². The second-order valence-electron chi connectivity index (χ2n) is 20.9. The molecule has 0 aliphatic rings. The van der Waals surface area contributed by atoms with Gasteiger partial charge in [0.05, 0.1) is 33.1 Å². The fourth-order valence-electron chi connectivity index (χ4n) is 13.8. The topological polar surface area (TPSA) is 8.82 Å². The van der Waals surface area contributed by atoms with E-state index < -0.39 is 0 Å². The van der Waals surface area contributed by atoms with Gasteiger partial charge in [-0.05, 0) is 221 Å². The van der Waals surface area contributed by atoms with Crippen molar-refractivity contribution in [1.82, 2.24) is 8.80 Å². The lowest BCUT2D eigenvalue weighted by atomic mass is 9.90. The lowest BCUT2D eigenvalue weighted by Gasteiger charge is -2.14. The zero-order valence-corrected chi connectivity index (χ0v) is 41.4. The van der Waals surface area contributed by atoms with Crippen LogP contribution in [0.5, 0.6) is 0 Å². The Morgan fingerprint density at radius 2 is 0.426 bits per heavy atom. The summed E-state index contributed by atoms with van der Waals surface area (Å²) in [5.41, 5.74) is 33.8. The summed E-state index contributed by atoms with van der Waals surface area (Å²) in [6.45, 7) is 27.0. The summed E-state index contributed by atoms with van der Waals surface area (Å²) in [6.07, 6.45) is 0. The standard InChI is InChI=1S/C66H56N2/c1-33-21-37(5)57(38(6)22-33)45-13-17-53-49(29-45)61-62-50-30-46(58-39(7)23-34(2)24-40(58)8)15-19-55(50)68-56-20-16-48(60-43(11)27-36(4)28-44(60)12)32-52(56)64(66(62)68)63-51-31-47(14-18-54(51)67(53)65(61)63)59-41(9)25-35(3)26-42(59)10/h13-32H,1-12H3. The molecule has 2 heteroatoms. The van der Waals surface area contributed by atoms with E-state index in [1.807, 2.05) is 0 Å². The molecule has 0 radical (unpaired) electrons. The lowest BCUT2D eigenvalue weighted by Crippen LogP contribution is -1.91. The number of nitrogens with zero attached hydrogens (tertiary/aromatic N) is 2. The van der Waals surface area contributed by atoms with Gasteiger partial charge in [0.25, 0.3) is 0 Å². The van der Waals surface area contributed by atoms with Gasteiger partial charge in [0, 0.05) is 43.1 Å². The number of rotatable bonds is 4. The normalized spacial score (nSPS) is 12.4. The van der Waals surface area contributed by atoms with Crippen LogP contribution in [0.25, 0.3) is 121 Å². The quantitative estimate of drug-likeness (QED) is 0.167. The van der Waals surface area contributed by atoms with Gasteiger partial charge in [-0.15, -0.1) is 0 Å². The first-order chi connectivity index (χ1) is 32.7. The Morgan fingerprint density at radius 3 is 0.618 bits per heavy atom. The van der Waals surface area contributed by atoms with E-state index >= 15 is 0 Å². The molecule has 0 saturated carbocycles. The average Bonchev–Trinajstić information content (AvgIpc) is 3.98. The Labute approximate surface area is 398 Å². The van der Waals surface area contributed by atoms with Crippen LogP contribution in [0.15, 0.2) is 121 Å². The van der Waals surface area contributed by atoms with Crippen molar-refractivity contribution >= 4 is 76.2 Å². The van der Waals surface area contributed by atoms with Gasteiger partial charge in [-0.2, -0.15) is 0 Å². The molecule has 0 amide bonds. The largest absolute Gasteiger partial charge is 0.308 e. The van der Waals surface area contributed by atoms with Crippen molar-refractivity contribution in [2.75, 3.05) is 0 Å². The van der Waals surface area contributed by atoms with E-state index in [-0.39, 0.29) is 0 Å². The highest BCUT2D eigenvalue weighted by Crippen LogP contribution is 2.54. The van der Waals surface area contributed by atoms with Crippen molar-refractivity contribution < 1.29 is 0 Å². The van der Waals surface area contributed by atoms with Crippen molar-refractivity contribution in [3.63, 3.8) is 0 Å². The van der Waals surface area contributed by atoms with Gasteiger partial charge in [0.15, 0.2) is 0 Å². The second kappa shape index (κ2) is 14.1. The van der Waals surface area contributed by atoms with Crippen molar-refractivity contribution in [3.05, 3.63) is 188 Å². The van der Waals surface area contributed by atoms with E-state index in [1.54, 1.807) is 0 Å². The summed E-state index contributed by atoms with van der Waals surface area (Å²) in [7, 11) is 0. The van der Waals surface area contributed by atoms with E-state index in [1.165, 1.54) is 187 Å². The molecule has 0 bridgehead atoms. The van der Waals surface area contributed by atoms with Crippen LogP contribution in [0.4, 0.5) is 0 Å². The molecule has 4 aromatic heterocycles. The molecule has 13 rings (SSSR count). The van der Waals surface area contributed by atoms with Gasteiger partial charge in [0.1, 0.15) is 0 Å². The lowest BCUT2D eigenvalue weighted by molar-refractivity contribution is 1.32. The molecule has 0 aliphatic heterocycles. The van der Waals surface area contributed by atoms with Gasteiger partial charge in [-0.1, -0.05) is 95.1 Å². The number of hydrogen-bond donors (Lipinski definition) is 0. The molecule has 0 N–H and O–H groups in total. The maximum Gasteiger partial charge on any atom is 0.0634 e. The molecule has 330 valence electrons. The third kappa shape index (κ3) is 5.46. The fourth-order valence-corrected chi connectivity index (χ4v) is 13.8. The van der Waals surface area contributed by atoms with E-state index in [0.29, 0.717) is 0 Å². The fraction of sp³-hybridized carbons (Fsp3) is 0.182. The molecule has 68 heavy (non-hydrogen) atoms. The third-order valence-corrected chi connectivity index (χ3v) is 15.8. The highest BCUT2D eigenvalue weighted by Gasteiger charge is 2.30. The summed E-state index contributed by atoms with van der Waals surface area (Å²) >= 11 is 0. The maximum absolute atomic E-state index is 2.62. The van der Waals surface area contributed by atoms with Crippen molar-refractivity contribution in [1.29, 1.82) is 0 Å². The highest BCUT2D eigenvalue weighted by atomic mass is 14.9.